The van der Waals surface area contributed by atoms with Gasteiger partial charge in [0.25, 0.3) is 0 Å². The lowest BCUT2D eigenvalue weighted by Crippen LogP contribution is -2.36. The standard InChI is InChI=1S/C9H16N2O3S/c1-3-11(4-2)9(12)8-15(13,14)7-5-6-10/h3-5,7-8H2,1-2H3. The van der Waals surface area contributed by atoms with Crippen LogP contribution in [0.2, 0.25) is 0 Å². The fourth-order valence-electron chi connectivity index (χ4n) is 1.13. The third-order valence-electron chi connectivity index (χ3n) is 1.98. The van der Waals surface area contributed by atoms with Gasteiger partial charge in [0, 0.05) is 19.5 Å². The highest BCUT2D eigenvalue weighted by Gasteiger charge is 2.19. The number of rotatable bonds is 6. The molecule has 0 heterocycles. The predicted octanol–water partition coefficient (Wildman–Crippen LogP) is 0.183. The Labute approximate surface area is 90.6 Å². The van der Waals surface area contributed by atoms with Crippen molar-refractivity contribution in [3.8, 4) is 6.07 Å². The first-order valence-electron chi connectivity index (χ1n) is 4.82. The Bertz CT molecular complexity index is 339. The van der Waals surface area contributed by atoms with Crippen molar-refractivity contribution in [2.45, 2.75) is 20.3 Å². The highest BCUT2D eigenvalue weighted by molar-refractivity contribution is 7.92. The molecule has 0 aromatic heterocycles. The molecule has 86 valence electrons. The molecule has 0 fully saturated rings. The van der Waals surface area contributed by atoms with Gasteiger partial charge < -0.3 is 4.90 Å². The number of amides is 1. The van der Waals surface area contributed by atoms with Gasteiger partial charge in [-0.25, -0.2) is 8.42 Å². The summed E-state index contributed by atoms with van der Waals surface area (Å²) in [6.45, 7) is 4.60. The smallest absolute Gasteiger partial charge is 0.237 e. The minimum absolute atomic E-state index is 0.0616. The zero-order valence-corrected chi connectivity index (χ0v) is 9.88. The van der Waals surface area contributed by atoms with Crippen LogP contribution in [0.15, 0.2) is 0 Å². The van der Waals surface area contributed by atoms with E-state index in [1.807, 2.05) is 0 Å². The van der Waals surface area contributed by atoms with Crippen LogP contribution >= 0.6 is 0 Å². The predicted molar refractivity (Wildman–Crippen MR) is 56.8 cm³/mol. The SMILES string of the molecule is CCN(CC)C(=O)CS(=O)(=O)CCC#N. The summed E-state index contributed by atoms with van der Waals surface area (Å²) in [6.07, 6.45) is -0.0616. The summed E-state index contributed by atoms with van der Waals surface area (Å²) >= 11 is 0. The first-order valence-corrected chi connectivity index (χ1v) is 6.64. The van der Waals surface area contributed by atoms with E-state index in [4.69, 9.17) is 5.26 Å². The second-order valence-corrected chi connectivity index (χ2v) is 5.25. The quantitative estimate of drug-likeness (QED) is 0.654. The van der Waals surface area contributed by atoms with Crippen LogP contribution in [0, 0.1) is 11.3 Å². The molecule has 0 rings (SSSR count). The van der Waals surface area contributed by atoms with Gasteiger partial charge in [-0.15, -0.1) is 0 Å². The Hall–Kier alpha value is -1.09. The van der Waals surface area contributed by atoms with E-state index >= 15 is 0 Å². The number of nitriles is 1. The van der Waals surface area contributed by atoms with Crippen molar-refractivity contribution in [1.82, 2.24) is 4.90 Å². The Balaban J connectivity index is 4.34. The van der Waals surface area contributed by atoms with Crippen LogP contribution in [0.3, 0.4) is 0 Å². The van der Waals surface area contributed by atoms with Gasteiger partial charge >= 0.3 is 0 Å². The Morgan fingerprint density at radius 2 is 1.87 bits per heavy atom. The average Bonchev–Trinajstić information content (AvgIpc) is 2.16. The molecule has 0 radical (unpaired) electrons. The molecule has 0 saturated carbocycles. The van der Waals surface area contributed by atoms with Gasteiger partial charge in [0.15, 0.2) is 9.84 Å². The maximum absolute atomic E-state index is 11.4. The first kappa shape index (κ1) is 13.9. The molecule has 0 unspecified atom stereocenters. The molecule has 0 bridgehead atoms. The minimum atomic E-state index is -3.42. The summed E-state index contributed by atoms with van der Waals surface area (Å²) in [7, 11) is -3.42. The molecule has 0 aliphatic heterocycles. The lowest BCUT2D eigenvalue weighted by Gasteiger charge is -2.18. The molecule has 0 aliphatic rings. The second-order valence-electron chi connectivity index (χ2n) is 3.07. The molecule has 6 heteroatoms. The largest absolute Gasteiger partial charge is 0.342 e. The van der Waals surface area contributed by atoms with Gasteiger partial charge in [-0.05, 0) is 13.8 Å². The number of sulfone groups is 1. The molecule has 0 spiro atoms. The molecular formula is C9H16N2O3S. The molecule has 1 amide bonds. The Kier molecular flexibility index (Phi) is 5.94. The summed E-state index contributed by atoms with van der Waals surface area (Å²) < 4.78 is 22.7. The van der Waals surface area contributed by atoms with Gasteiger partial charge in [-0.3, -0.25) is 4.79 Å². The lowest BCUT2D eigenvalue weighted by molar-refractivity contribution is -0.128. The molecule has 0 N–H and O–H groups in total. The van der Waals surface area contributed by atoms with Crippen LogP contribution in [0.25, 0.3) is 0 Å². The third-order valence-corrected chi connectivity index (χ3v) is 3.50. The van der Waals surface area contributed by atoms with Gasteiger partial charge in [-0.2, -0.15) is 5.26 Å². The van der Waals surface area contributed by atoms with E-state index in [9.17, 15) is 13.2 Å². The minimum Gasteiger partial charge on any atom is -0.342 e. The molecule has 5 nitrogen and oxygen atoms in total. The van der Waals surface area contributed by atoms with Crippen molar-refractivity contribution in [2.75, 3.05) is 24.6 Å². The molecule has 15 heavy (non-hydrogen) atoms. The maximum Gasteiger partial charge on any atom is 0.237 e. The van der Waals surface area contributed by atoms with E-state index in [0.29, 0.717) is 13.1 Å². The zero-order chi connectivity index (χ0) is 11.9. The van der Waals surface area contributed by atoms with E-state index in [1.54, 1.807) is 19.9 Å². The zero-order valence-electron chi connectivity index (χ0n) is 9.06. The van der Waals surface area contributed by atoms with Crippen LogP contribution in [-0.2, 0) is 14.6 Å². The summed E-state index contributed by atoms with van der Waals surface area (Å²) in [5.41, 5.74) is 0. The van der Waals surface area contributed by atoms with E-state index in [2.05, 4.69) is 0 Å². The van der Waals surface area contributed by atoms with E-state index in [1.165, 1.54) is 4.90 Å². The van der Waals surface area contributed by atoms with E-state index in [-0.39, 0.29) is 12.2 Å². The van der Waals surface area contributed by atoms with Crippen molar-refractivity contribution in [3.05, 3.63) is 0 Å². The highest BCUT2D eigenvalue weighted by atomic mass is 32.2. The number of carbonyl (C=O) groups is 1. The van der Waals surface area contributed by atoms with Gasteiger partial charge in [0.2, 0.25) is 5.91 Å². The number of hydrogen-bond donors (Lipinski definition) is 0. The van der Waals surface area contributed by atoms with E-state index in [0.717, 1.165) is 0 Å². The van der Waals surface area contributed by atoms with Crippen LogP contribution in [0.4, 0.5) is 0 Å². The van der Waals surface area contributed by atoms with Crippen molar-refractivity contribution in [3.63, 3.8) is 0 Å². The van der Waals surface area contributed by atoms with Crippen molar-refractivity contribution in [1.29, 1.82) is 5.26 Å². The normalized spacial score (nSPS) is 10.7. The summed E-state index contributed by atoms with van der Waals surface area (Å²) in [4.78, 5) is 12.9. The monoisotopic (exact) mass is 232 g/mol. The Morgan fingerprint density at radius 3 is 2.27 bits per heavy atom. The Morgan fingerprint density at radius 1 is 1.33 bits per heavy atom. The number of hydrogen-bond acceptors (Lipinski definition) is 4. The molecule has 0 aliphatic carbocycles. The maximum atomic E-state index is 11.4. The van der Waals surface area contributed by atoms with Crippen molar-refractivity contribution in [2.24, 2.45) is 0 Å². The van der Waals surface area contributed by atoms with Crippen LogP contribution in [-0.4, -0.2) is 43.8 Å². The molecule has 0 saturated heterocycles. The van der Waals surface area contributed by atoms with Crippen LogP contribution < -0.4 is 0 Å². The average molecular weight is 232 g/mol. The lowest BCUT2D eigenvalue weighted by atomic mass is 10.5. The van der Waals surface area contributed by atoms with Crippen molar-refractivity contribution >= 4 is 15.7 Å². The first-order chi connectivity index (χ1) is 6.96. The fourth-order valence-corrected chi connectivity index (χ4v) is 2.23. The van der Waals surface area contributed by atoms with Crippen LogP contribution in [0.1, 0.15) is 20.3 Å². The molecule has 0 atom stereocenters. The van der Waals surface area contributed by atoms with Gasteiger partial charge in [0.05, 0.1) is 11.8 Å². The second kappa shape index (κ2) is 6.40. The van der Waals surface area contributed by atoms with Crippen LogP contribution in [0.5, 0.6) is 0 Å². The van der Waals surface area contributed by atoms with Gasteiger partial charge in [0.1, 0.15) is 5.75 Å². The summed E-state index contributed by atoms with van der Waals surface area (Å²) in [6, 6.07) is 1.75. The van der Waals surface area contributed by atoms with Crippen molar-refractivity contribution < 1.29 is 13.2 Å². The van der Waals surface area contributed by atoms with E-state index < -0.39 is 21.5 Å². The summed E-state index contributed by atoms with van der Waals surface area (Å²) in [5, 5.41) is 8.26. The summed E-state index contributed by atoms with van der Waals surface area (Å²) in [5.74, 6) is -1.12. The topological polar surface area (TPSA) is 78.2 Å². The highest BCUT2D eigenvalue weighted by Crippen LogP contribution is 1.98. The molecule has 0 aromatic rings. The third kappa shape index (κ3) is 5.37. The number of carbonyl (C=O) groups excluding carboxylic acids is 1. The molecular weight excluding hydrogens is 216 g/mol. The van der Waals surface area contributed by atoms with Gasteiger partial charge in [-0.1, -0.05) is 0 Å². The molecule has 0 aromatic carbocycles. The fraction of sp³-hybridized carbons (Fsp3) is 0.778. The number of nitrogens with zero attached hydrogens (tertiary/aromatic N) is 2.